The summed E-state index contributed by atoms with van der Waals surface area (Å²) in [5.41, 5.74) is 8.78. The van der Waals surface area contributed by atoms with Gasteiger partial charge in [0.25, 0.3) is 16.0 Å². The van der Waals surface area contributed by atoms with Crippen LogP contribution in [-0.2, 0) is 34.0 Å². The smallest absolute Gasteiger partial charge is 0.321 e. The van der Waals surface area contributed by atoms with Crippen LogP contribution in [-0.4, -0.2) is 78.6 Å². The van der Waals surface area contributed by atoms with Crippen molar-refractivity contribution in [3.63, 3.8) is 0 Å². The fourth-order valence-corrected chi connectivity index (χ4v) is 11.4. The normalized spacial score (nSPS) is 20.2. The molecule has 406 valence electrons. The van der Waals surface area contributed by atoms with Gasteiger partial charge in [0.05, 0.1) is 58.8 Å². The summed E-state index contributed by atoms with van der Waals surface area (Å²) in [5.74, 6) is -4.02. The Labute approximate surface area is 441 Å². The Morgan fingerprint density at radius 1 is 0.703 bits per heavy atom. The van der Waals surface area contributed by atoms with Crippen LogP contribution in [0.25, 0.3) is 0 Å². The van der Waals surface area contributed by atoms with E-state index in [4.69, 9.17) is 24.5 Å². The summed E-state index contributed by atoms with van der Waals surface area (Å²) >= 11 is 0. The van der Waals surface area contributed by atoms with Crippen LogP contribution in [0.5, 0.6) is 0 Å². The molecule has 0 saturated carbocycles. The molecule has 0 aromatic carbocycles. The second-order valence-corrected chi connectivity index (χ2v) is 22.5. The molecule has 1 aliphatic carbocycles. The van der Waals surface area contributed by atoms with Gasteiger partial charge in [-0.05, 0) is 87.0 Å². The first kappa shape index (κ1) is 58.1. The highest BCUT2D eigenvalue weighted by Crippen LogP contribution is 2.49. The number of carbonyl (C=O) groups excluding carboxylic acids is 3. The van der Waals surface area contributed by atoms with E-state index in [1.165, 1.54) is 83.5 Å². The van der Waals surface area contributed by atoms with E-state index in [1.807, 2.05) is 39.8 Å². The van der Waals surface area contributed by atoms with E-state index in [0.29, 0.717) is 93.8 Å². The first-order chi connectivity index (χ1) is 35.6. The molecule has 5 aliphatic heterocycles. The van der Waals surface area contributed by atoms with Crippen molar-refractivity contribution in [2.75, 3.05) is 25.5 Å². The van der Waals surface area contributed by atoms with Gasteiger partial charge in [-0.2, -0.15) is 8.42 Å². The van der Waals surface area contributed by atoms with Crippen LogP contribution in [0.15, 0.2) is 106 Å². The number of aliphatic hydroxyl groups is 1. The first-order valence-electron chi connectivity index (χ1n) is 28.1. The Morgan fingerprint density at radius 2 is 1.26 bits per heavy atom. The van der Waals surface area contributed by atoms with Gasteiger partial charge in [-0.15, -0.1) is 0 Å². The molecule has 0 radical (unpaired) electrons. The van der Waals surface area contributed by atoms with Gasteiger partial charge in [-0.1, -0.05) is 143 Å². The first-order valence-corrected chi connectivity index (χ1v) is 29.8. The van der Waals surface area contributed by atoms with Crippen LogP contribution in [0.3, 0.4) is 0 Å². The summed E-state index contributed by atoms with van der Waals surface area (Å²) in [6, 6.07) is 0. The lowest BCUT2D eigenvalue weighted by Gasteiger charge is -2.21. The average Bonchev–Trinajstić information content (AvgIpc) is 4.11. The van der Waals surface area contributed by atoms with Gasteiger partial charge in [0.2, 0.25) is 0 Å². The summed E-state index contributed by atoms with van der Waals surface area (Å²) in [6.07, 6.45) is 29.8. The van der Waals surface area contributed by atoms with Gasteiger partial charge in [0.15, 0.2) is 0 Å². The Kier molecular flexibility index (Phi) is 22.1. The monoisotopic (exact) mass is 1040 g/mol. The quantitative estimate of drug-likeness (QED) is 0.0294. The Balaban J connectivity index is 1.33. The minimum Gasteiger partial charge on any atom is -0.510 e. The summed E-state index contributed by atoms with van der Waals surface area (Å²) in [4.78, 5) is 57.3. The van der Waals surface area contributed by atoms with Crippen molar-refractivity contribution >= 4 is 45.1 Å². The number of unbranched alkanes of at least 4 members (excludes halogenated alkanes) is 18. The zero-order valence-corrected chi connectivity index (χ0v) is 46.4. The molecule has 4 N–H and O–H groups in total. The third-order valence-corrected chi connectivity index (χ3v) is 16.2. The molecule has 15 heteroatoms. The van der Waals surface area contributed by atoms with E-state index < -0.39 is 33.7 Å². The number of amides is 1. The SMILES string of the molecule is CCCCCCCCCCCCOC(=O)CC[C@@H]1C2=C3C4=NC(=C(C)C4=C(O)[C@@H]3C(=O)OCCCCCCCCCCCC)C=C3N=C(C=C4N=C(C=C(N2)[C@H]1C)C(C)=C4C(=O)NCCS(=O)(=O)O)C(C)=C3CC. The van der Waals surface area contributed by atoms with Gasteiger partial charge >= 0.3 is 11.9 Å². The number of aliphatic imine (C=N–C) groups is 3. The largest absolute Gasteiger partial charge is 0.510 e. The zero-order valence-electron chi connectivity index (χ0n) is 45.6. The van der Waals surface area contributed by atoms with Gasteiger partial charge in [-0.3, -0.25) is 18.9 Å². The van der Waals surface area contributed by atoms with E-state index in [2.05, 4.69) is 24.5 Å². The number of aliphatic hydroxyl groups excluding tert-OH is 1. The number of carbonyl (C=O) groups is 3. The maximum Gasteiger partial charge on any atom is 0.321 e. The fourth-order valence-electron chi connectivity index (χ4n) is 11.0. The number of fused-ring (bicyclic) bond motifs is 5. The van der Waals surface area contributed by atoms with E-state index in [9.17, 15) is 32.5 Å². The highest BCUT2D eigenvalue weighted by molar-refractivity contribution is 7.85. The van der Waals surface area contributed by atoms with Crippen LogP contribution in [0, 0.1) is 17.8 Å². The third-order valence-electron chi connectivity index (χ3n) is 15.4. The maximum absolute atomic E-state index is 14.5. The second-order valence-electron chi connectivity index (χ2n) is 21.0. The maximum atomic E-state index is 14.5. The average molecular weight is 1040 g/mol. The van der Waals surface area contributed by atoms with Gasteiger partial charge in [-0.25, -0.2) is 15.0 Å². The molecule has 8 bridgehead atoms. The molecule has 5 heterocycles. The lowest BCUT2D eigenvalue weighted by Crippen LogP contribution is -2.30. The van der Waals surface area contributed by atoms with Crippen LogP contribution in [0.2, 0.25) is 0 Å². The molecular formula is C59H85N5O9S. The molecule has 74 heavy (non-hydrogen) atoms. The van der Waals surface area contributed by atoms with Gasteiger partial charge < -0.3 is 25.2 Å². The van der Waals surface area contributed by atoms with E-state index in [1.54, 1.807) is 13.0 Å². The number of rotatable bonds is 31. The van der Waals surface area contributed by atoms with Crippen molar-refractivity contribution < 1.29 is 41.9 Å². The summed E-state index contributed by atoms with van der Waals surface area (Å²) < 4.78 is 44.5. The van der Waals surface area contributed by atoms with E-state index in [-0.39, 0.29) is 48.7 Å². The molecule has 0 unspecified atom stereocenters. The molecule has 0 aromatic rings. The molecule has 3 atom stereocenters. The lowest BCUT2D eigenvalue weighted by molar-refractivity contribution is -0.147. The molecular weight excluding hydrogens is 955 g/mol. The highest BCUT2D eigenvalue weighted by atomic mass is 32.2. The number of nitrogens with one attached hydrogen (secondary N) is 2. The van der Waals surface area contributed by atoms with Crippen molar-refractivity contribution in [3.8, 4) is 0 Å². The predicted octanol–water partition coefficient (Wildman–Crippen LogP) is 12.6. The molecule has 6 aliphatic rings. The zero-order chi connectivity index (χ0) is 53.4. The highest BCUT2D eigenvalue weighted by Gasteiger charge is 2.49. The van der Waals surface area contributed by atoms with Crippen molar-refractivity contribution in [1.82, 2.24) is 10.6 Å². The minimum absolute atomic E-state index is 0.117. The number of allylic oxidation sites excluding steroid dienone is 10. The summed E-state index contributed by atoms with van der Waals surface area (Å²) in [5, 5.41) is 18.6. The number of ether oxygens (including phenoxy) is 2. The van der Waals surface area contributed by atoms with Crippen molar-refractivity contribution in [2.45, 2.75) is 196 Å². The third kappa shape index (κ3) is 15.0. The predicted molar refractivity (Wildman–Crippen MR) is 295 cm³/mol. The van der Waals surface area contributed by atoms with Gasteiger partial charge in [0.1, 0.15) is 11.7 Å². The van der Waals surface area contributed by atoms with Crippen molar-refractivity contribution in [3.05, 3.63) is 91.5 Å². The topological polar surface area (TPSA) is 205 Å². The molecule has 14 nitrogen and oxygen atoms in total. The summed E-state index contributed by atoms with van der Waals surface area (Å²) in [6.45, 7) is 14.4. The van der Waals surface area contributed by atoms with Crippen LogP contribution >= 0.6 is 0 Å². The standard InChI is InChI=1S/C59H85N5O9S/c1-8-11-13-15-17-19-21-23-25-27-32-72-50(65)30-29-43-39(5)45-35-46-40(6)51(58(67)60-31-34-74(69,70)71)49(62-46)37-44-38(4)42(10-3)48(61-44)36-47-41(7)52-56(64-47)53(55(43)63-45)54(57(52)66)59(68)73-33-28-26-24-22-20-18-16-14-12-9-2/h35-37,39,43,54,63,66H,8-34H2,1-7H3,(H,60,67)(H,69,70,71)/t39-,43-,54+/m0/s1. The minimum atomic E-state index is -4.34. The molecule has 1 fully saturated rings. The van der Waals surface area contributed by atoms with Crippen molar-refractivity contribution in [2.24, 2.45) is 32.7 Å². The van der Waals surface area contributed by atoms with E-state index in [0.717, 1.165) is 49.7 Å². The lowest BCUT2D eigenvalue weighted by atomic mass is 9.84. The van der Waals surface area contributed by atoms with E-state index >= 15 is 0 Å². The van der Waals surface area contributed by atoms with Crippen LogP contribution in [0.1, 0.15) is 196 Å². The van der Waals surface area contributed by atoms with Gasteiger partial charge in [0, 0.05) is 47.3 Å². The molecule has 0 spiro atoms. The Hall–Kier alpha value is -5.15. The molecule has 6 rings (SSSR count). The van der Waals surface area contributed by atoms with Crippen molar-refractivity contribution in [1.29, 1.82) is 0 Å². The Bertz CT molecular complexity index is 2580. The Morgan fingerprint density at radius 3 is 1.84 bits per heavy atom. The molecule has 0 aromatic heterocycles. The van der Waals surface area contributed by atoms with Crippen LogP contribution < -0.4 is 10.6 Å². The fraction of sp³-hybridized carbons (Fsp3) is 0.627. The van der Waals surface area contributed by atoms with Crippen LogP contribution in [0.4, 0.5) is 0 Å². The number of esters is 2. The second kappa shape index (κ2) is 28.1. The number of hydrogen-bond acceptors (Lipinski definition) is 12. The molecule has 1 amide bonds. The number of hydrogen-bond donors (Lipinski definition) is 4. The molecule has 1 saturated heterocycles. The summed E-state index contributed by atoms with van der Waals surface area (Å²) in [7, 11) is -4.34. The number of nitrogens with zero attached hydrogens (tertiary/aromatic N) is 3.